The van der Waals surface area contributed by atoms with Gasteiger partial charge in [-0.15, -0.1) is 0 Å². The van der Waals surface area contributed by atoms with Crippen molar-refractivity contribution in [3.8, 4) is 0 Å². The van der Waals surface area contributed by atoms with Crippen LogP contribution in [0.3, 0.4) is 0 Å². The van der Waals surface area contributed by atoms with Gasteiger partial charge < -0.3 is 30.2 Å². The van der Waals surface area contributed by atoms with Crippen LogP contribution < -0.4 is 11.1 Å². The van der Waals surface area contributed by atoms with Gasteiger partial charge in [0.15, 0.2) is 5.69 Å². The first-order valence-electron chi connectivity index (χ1n) is 13.3. The number of carbonyl (C=O) groups is 4. The van der Waals surface area contributed by atoms with Crippen LogP contribution in [0.4, 0.5) is 0 Å². The number of carbonyl (C=O) groups excluding carboxylic acids is 4. The molecule has 4 N–H and O–H groups in total. The number of nitrogens with one attached hydrogen (secondary N) is 1. The first-order chi connectivity index (χ1) is 18.6. The topological polar surface area (TPSA) is 165 Å². The Morgan fingerprint density at radius 3 is 2.77 bits per heavy atom. The molecule has 3 rings (SSSR count). The molecule has 39 heavy (non-hydrogen) atoms. The van der Waals surface area contributed by atoms with Crippen molar-refractivity contribution in [2.45, 2.75) is 64.7 Å². The Bertz CT molecular complexity index is 1140. The number of esters is 1. The Labute approximate surface area is 228 Å². The Hall–Kier alpha value is -3.57. The zero-order chi connectivity index (χ0) is 28.5. The van der Waals surface area contributed by atoms with Crippen LogP contribution in [-0.2, 0) is 25.5 Å². The van der Waals surface area contributed by atoms with Crippen molar-refractivity contribution in [1.29, 1.82) is 0 Å². The number of fused-ring (bicyclic) bond motifs is 3. The number of nitrogens with two attached hydrogens (primary N) is 1. The van der Waals surface area contributed by atoms with E-state index in [0.29, 0.717) is 19.4 Å². The number of rotatable bonds is 2. The van der Waals surface area contributed by atoms with Gasteiger partial charge in [-0.25, -0.2) is 9.78 Å². The van der Waals surface area contributed by atoms with Crippen LogP contribution in [0.2, 0.25) is 0 Å². The van der Waals surface area contributed by atoms with E-state index in [4.69, 9.17) is 14.9 Å². The molecule has 212 valence electrons. The summed E-state index contributed by atoms with van der Waals surface area (Å²) in [6.45, 7) is 6.34. The molecule has 1 aromatic rings. The highest BCUT2D eigenvalue weighted by molar-refractivity contribution is 5.95. The van der Waals surface area contributed by atoms with E-state index in [9.17, 15) is 24.3 Å². The first-order valence-corrected chi connectivity index (χ1v) is 13.3. The molecule has 0 spiro atoms. The number of aliphatic hydroxyl groups excluding tert-OH is 1. The number of oxazole rings is 1. The van der Waals surface area contributed by atoms with Gasteiger partial charge >= 0.3 is 5.97 Å². The van der Waals surface area contributed by atoms with Crippen molar-refractivity contribution in [1.82, 2.24) is 15.2 Å². The zero-order valence-electron chi connectivity index (χ0n) is 22.7. The number of Topliss-reactive ketones (excluding diaryl/α,β-unsaturated/α-hetero) is 1. The molecule has 2 aliphatic rings. The third-order valence-electron chi connectivity index (χ3n) is 6.83. The Morgan fingerprint density at radius 1 is 1.26 bits per heavy atom. The lowest BCUT2D eigenvalue weighted by atomic mass is 9.92. The van der Waals surface area contributed by atoms with E-state index in [1.807, 2.05) is 13.8 Å². The summed E-state index contributed by atoms with van der Waals surface area (Å²) < 4.78 is 11.2. The quantitative estimate of drug-likeness (QED) is 0.469. The second-order valence-corrected chi connectivity index (χ2v) is 10.2. The molecule has 0 unspecified atom stereocenters. The Kier molecular flexibility index (Phi) is 10.8. The van der Waals surface area contributed by atoms with Crippen LogP contribution in [0.5, 0.6) is 0 Å². The smallest absolute Gasteiger partial charge is 0.329 e. The predicted octanol–water partition coefficient (Wildman–Crippen LogP) is 1.47. The van der Waals surface area contributed by atoms with Crippen LogP contribution in [0.15, 0.2) is 46.6 Å². The molecule has 1 fully saturated rings. The lowest BCUT2D eigenvalue weighted by Gasteiger charge is -2.30. The van der Waals surface area contributed by atoms with Gasteiger partial charge in [0.25, 0.3) is 5.91 Å². The molecule has 0 saturated carbocycles. The third kappa shape index (κ3) is 8.46. The predicted molar refractivity (Wildman–Crippen MR) is 142 cm³/mol. The lowest BCUT2D eigenvalue weighted by molar-refractivity contribution is -0.158. The average molecular weight is 543 g/mol. The van der Waals surface area contributed by atoms with Crippen molar-refractivity contribution in [2.24, 2.45) is 17.6 Å². The van der Waals surface area contributed by atoms with E-state index in [-0.39, 0.29) is 61.0 Å². The highest BCUT2D eigenvalue weighted by Gasteiger charge is 2.39. The summed E-state index contributed by atoms with van der Waals surface area (Å²) in [5.41, 5.74) is 6.60. The van der Waals surface area contributed by atoms with Gasteiger partial charge in [0.2, 0.25) is 11.8 Å². The van der Waals surface area contributed by atoms with Crippen LogP contribution >= 0.6 is 0 Å². The maximum absolute atomic E-state index is 13.2. The van der Waals surface area contributed by atoms with Gasteiger partial charge in [-0.05, 0) is 32.4 Å². The summed E-state index contributed by atoms with van der Waals surface area (Å²) in [6.07, 6.45) is 8.32. The second-order valence-electron chi connectivity index (χ2n) is 10.2. The molecular formula is C28H38N4O7. The number of hydrogen-bond donors (Lipinski definition) is 3. The van der Waals surface area contributed by atoms with Crippen LogP contribution in [0.25, 0.3) is 0 Å². The van der Waals surface area contributed by atoms with Crippen molar-refractivity contribution < 1.29 is 33.4 Å². The summed E-state index contributed by atoms with van der Waals surface area (Å²) in [6, 6.07) is -0.801. The molecule has 3 heterocycles. The van der Waals surface area contributed by atoms with Crippen molar-refractivity contribution in [2.75, 3.05) is 19.6 Å². The van der Waals surface area contributed by atoms with Gasteiger partial charge in [-0.1, -0.05) is 43.7 Å². The first kappa shape index (κ1) is 30.0. The fourth-order valence-corrected chi connectivity index (χ4v) is 4.68. The summed E-state index contributed by atoms with van der Waals surface area (Å²) in [5, 5.41) is 13.0. The third-order valence-corrected chi connectivity index (χ3v) is 6.83. The van der Waals surface area contributed by atoms with Crippen LogP contribution in [0, 0.1) is 11.8 Å². The number of cyclic esters (lactones) is 1. The van der Waals surface area contributed by atoms with Crippen molar-refractivity contribution >= 4 is 23.6 Å². The monoisotopic (exact) mass is 542 g/mol. The summed E-state index contributed by atoms with van der Waals surface area (Å²) >= 11 is 0. The number of ketones is 1. The highest BCUT2D eigenvalue weighted by atomic mass is 16.5. The molecule has 2 amide bonds. The summed E-state index contributed by atoms with van der Waals surface area (Å²) in [5.74, 6) is -2.12. The molecule has 2 aliphatic heterocycles. The summed E-state index contributed by atoms with van der Waals surface area (Å²) in [4.78, 5) is 56.8. The zero-order valence-corrected chi connectivity index (χ0v) is 22.7. The number of hydrogen-bond acceptors (Lipinski definition) is 9. The van der Waals surface area contributed by atoms with Gasteiger partial charge in [0.05, 0.1) is 12.5 Å². The molecular weight excluding hydrogens is 504 g/mol. The second kappa shape index (κ2) is 14.0. The fourth-order valence-electron chi connectivity index (χ4n) is 4.68. The summed E-state index contributed by atoms with van der Waals surface area (Å²) in [7, 11) is 0. The average Bonchev–Trinajstić information content (AvgIpc) is 3.57. The molecule has 5 atom stereocenters. The number of aliphatic hydroxyl groups is 1. The van der Waals surface area contributed by atoms with Crippen LogP contribution in [0.1, 0.15) is 56.4 Å². The number of aromatic nitrogens is 1. The maximum Gasteiger partial charge on any atom is 0.329 e. The number of amides is 2. The number of ether oxygens (including phenoxy) is 1. The molecule has 11 nitrogen and oxygen atoms in total. The van der Waals surface area contributed by atoms with Crippen molar-refractivity contribution in [3.63, 3.8) is 0 Å². The van der Waals surface area contributed by atoms with Gasteiger partial charge in [0, 0.05) is 31.3 Å². The van der Waals surface area contributed by atoms with Gasteiger partial charge in [0.1, 0.15) is 24.2 Å². The van der Waals surface area contributed by atoms with Gasteiger partial charge in [-0.2, -0.15) is 0 Å². The van der Waals surface area contributed by atoms with Crippen LogP contribution in [-0.4, -0.2) is 76.4 Å². The number of allylic oxidation sites excluding steroid dienone is 2. The number of nitrogens with zero attached hydrogens (tertiary/aromatic N) is 2. The van der Waals surface area contributed by atoms with Gasteiger partial charge in [-0.3, -0.25) is 14.4 Å². The molecule has 1 aromatic heterocycles. The maximum atomic E-state index is 13.2. The van der Waals surface area contributed by atoms with E-state index in [1.165, 1.54) is 17.2 Å². The molecule has 0 aliphatic carbocycles. The lowest BCUT2D eigenvalue weighted by Crippen LogP contribution is -2.45. The molecule has 11 heteroatoms. The minimum absolute atomic E-state index is 0.00786. The molecule has 2 bridgehead atoms. The van der Waals surface area contributed by atoms with E-state index in [0.717, 1.165) is 5.57 Å². The van der Waals surface area contributed by atoms with Crippen molar-refractivity contribution in [3.05, 3.63) is 53.8 Å². The SMILES string of the molecule is CC1=C\[C@@H](O)CC(=O)Cc2nc(co2)C(=O)N2CCC[C@@H]2C(=O)O[C@H]([C@@H](C)CN)[C@H](C)/C=C/C(=O)NC\C=C\1. The van der Waals surface area contributed by atoms with E-state index in [2.05, 4.69) is 10.3 Å². The Morgan fingerprint density at radius 2 is 2.03 bits per heavy atom. The normalized spacial score (nSPS) is 30.0. The fraction of sp³-hybridized carbons (Fsp3) is 0.536. The minimum atomic E-state index is -1.01. The van der Waals surface area contributed by atoms with E-state index in [1.54, 1.807) is 31.2 Å². The van der Waals surface area contributed by atoms with E-state index < -0.39 is 30.1 Å². The highest BCUT2D eigenvalue weighted by Crippen LogP contribution is 2.25. The molecule has 0 radical (unpaired) electrons. The molecule has 0 aromatic carbocycles. The molecule has 1 saturated heterocycles. The Balaban J connectivity index is 1.87. The largest absolute Gasteiger partial charge is 0.460 e. The van der Waals surface area contributed by atoms with E-state index >= 15 is 0 Å². The minimum Gasteiger partial charge on any atom is -0.460 e. The standard InChI is InChI=1S/C28H38N4O7/c1-17-6-4-10-30-24(35)9-8-18(2)26(19(3)15-29)39-28(37)23-7-5-11-32(23)27(36)22-16-38-25(31-22)14-21(34)13-20(33)12-17/h4,6,8-9,12,16,18-20,23,26,33H,5,7,10-11,13-15,29H2,1-3H3,(H,30,35)/b6-4+,9-8+,17-12+/t18-,19+,20-,23-,26+/m1/s1.